The maximum atomic E-state index is 12.6. The Hall–Kier alpha value is -3.46. The highest BCUT2D eigenvalue weighted by Crippen LogP contribution is 2.47. The summed E-state index contributed by atoms with van der Waals surface area (Å²) < 4.78 is 11.8. The molecule has 160 valence electrons. The number of methoxy groups -OCH3 is 2. The molecule has 4 rings (SSSR count). The van der Waals surface area contributed by atoms with Gasteiger partial charge in [0.1, 0.15) is 5.56 Å². The molecule has 0 spiro atoms. The van der Waals surface area contributed by atoms with Crippen LogP contribution in [0.15, 0.2) is 61.9 Å². The minimum atomic E-state index is -0.688. The molecule has 0 saturated carbocycles. The standard InChI is InChI=1S/C22H21N3O5S/c1-25-21(27)19(20(26)24-22(25)28)14-11-18(31-17-7-5-4-6-13(17)23-14)12-8-9-15(29-2)16(10-12)30-3/h4-10,18,27H,11H2,1-3H3,(H,24,26,28)/t18-/m0/s1. The van der Waals surface area contributed by atoms with Gasteiger partial charge in [-0.3, -0.25) is 19.3 Å². The van der Waals surface area contributed by atoms with Crippen molar-refractivity contribution < 1.29 is 14.6 Å². The SMILES string of the molecule is COc1ccc([C@@H]2CC(c3c(O)n(C)c(=O)[nH]c3=O)=Nc3ccccc3S2)cc1OC. The molecule has 1 aromatic heterocycles. The number of hydrogen-bond donors (Lipinski definition) is 2. The highest BCUT2D eigenvalue weighted by Gasteiger charge is 2.27. The molecule has 1 aliphatic heterocycles. The normalized spacial score (nSPS) is 15.6. The van der Waals surface area contributed by atoms with Gasteiger partial charge in [0.15, 0.2) is 11.5 Å². The average molecular weight is 439 g/mol. The van der Waals surface area contributed by atoms with Gasteiger partial charge in [-0.1, -0.05) is 18.2 Å². The highest BCUT2D eigenvalue weighted by atomic mass is 32.2. The van der Waals surface area contributed by atoms with Gasteiger partial charge < -0.3 is 14.6 Å². The number of fused-ring (bicyclic) bond motifs is 1. The molecule has 9 heteroatoms. The van der Waals surface area contributed by atoms with Crippen LogP contribution in [0.3, 0.4) is 0 Å². The van der Waals surface area contributed by atoms with Crippen molar-refractivity contribution in [2.24, 2.45) is 12.0 Å². The summed E-state index contributed by atoms with van der Waals surface area (Å²) in [6.45, 7) is 0. The van der Waals surface area contributed by atoms with Crippen LogP contribution in [0.1, 0.15) is 22.8 Å². The van der Waals surface area contributed by atoms with Crippen molar-refractivity contribution in [1.29, 1.82) is 0 Å². The van der Waals surface area contributed by atoms with Crippen molar-refractivity contribution in [2.75, 3.05) is 14.2 Å². The molecule has 8 nitrogen and oxygen atoms in total. The van der Waals surface area contributed by atoms with E-state index in [4.69, 9.17) is 14.5 Å². The smallest absolute Gasteiger partial charge is 0.330 e. The summed E-state index contributed by atoms with van der Waals surface area (Å²) >= 11 is 1.61. The number of aromatic amines is 1. The summed E-state index contributed by atoms with van der Waals surface area (Å²) in [6, 6.07) is 13.3. The summed E-state index contributed by atoms with van der Waals surface area (Å²) in [5.41, 5.74) is 0.670. The molecule has 0 fully saturated rings. The Labute approximate surface area is 182 Å². The Bertz CT molecular complexity index is 1300. The van der Waals surface area contributed by atoms with Crippen molar-refractivity contribution in [3.8, 4) is 17.4 Å². The van der Waals surface area contributed by atoms with Crippen LogP contribution in [0.5, 0.6) is 17.4 Å². The molecule has 1 aliphatic rings. The van der Waals surface area contributed by atoms with Crippen molar-refractivity contribution in [1.82, 2.24) is 9.55 Å². The van der Waals surface area contributed by atoms with Gasteiger partial charge in [0, 0.05) is 23.6 Å². The quantitative estimate of drug-likeness (QED) is 0.647. The third kappa shape index (κ3) is 3.84. The van der Waals surface area contributed by atoms with Crippen LogP contribution in [0.2, 0.25) is 0 Å². The van der Waals surface area contributed by atoms with E-state index in [1.54, 1.807) is 26.0 Å². The van der Waals surface area contributed by atoms with Crippen LogP contribution < -0.4 is 20.7 Å². The lowest BCUT2D eigenvalue weighted by Gasteiger charge is -2.18. The summed E-state index contributed by atoms with van der Waals surface area (Å²) in [7, 11) is 4.54. The summed E-state index contributed by atoms with van der Waals surface area (Å²) in [4.78, 5) is 32.4. The van der Waals surface area contributed by atoms with E-state index < -0.39 is 17.1 Å². The van der Waals surface area contributed by atoms with E-state index in [1.165, 1.54) is 7.05 Å². The van der Waals surface area contributed by atoms with Crippen molar-refractivity contribution >= 4 is 23.2 Å². The zero-order chi connectivity index (χ0) is 22.1. The predicted molar refractivity (Wildman–Crippen MR) is 119 cm³/mol. The van der Waals surface area contributed by atoms with Gasteiger partial charge in [-0.25, -0.2) is 4.79 Å². The lowest BCUT2D eigenvalue weighted by molar-refractivity contribution is 0.354. The van der Waals surface area contributed by atoms with Gasteiger partial charge >= 0.3 is 5.69 Å². The molecular weight excluding hydrogens is 418 g/mol. The van der Waals surface area contributed by atoms with Gasteiger partial charge in [-0.2, -0.15) is 0 Å². The molecular formula is C22H21N3O5S. The largest absolute Gasteiger partial charge is 0.494 e. The Morgan fingerprint density at radius 1 is 1.13 bits per heavy atom. The van der Waals surface area contributed by atoms with Crippen molar-refractivity contribution in [3.05, 3.63) is 74.4 Å². The number of aromatic hydroxyl groups is 1. The Kier molecular flexibility index (Phi) is 5.60. The molecule has 0 saturated heterocycles. The first-order valence-electron chi connectivity index (χ1n) is 9.50. The Balaban J connectivity index is 1.88. The van der Waals surface area contributed by atoms with E-state index >= 15 is 0 Å². The monoisotopic (exact) mass is 439 g/mol. The molecule has 0 unspecified atom stereocenters. The molecule has 0 amide bonds. The van der Waals surface area contributed by atoms with E-state index in [2.05, 4.69) is 4.98 Å². The van der Waals surface area contributed by atoms with Crippen LogP contribution >= 0.6 is 11.8 Å². The second-order valence-corrected chi connectivity index (χ2v) is 8.21. The van der Waals surface area contributed by atoms with Crippen molar-refractivity contribution in [2.45, 2.75) is 16.6 Å². The Morgan fingerprint density at radius 3 is 2.61 bits per heavy atom. The third-order valence-electron chi connectivity index (χ3n) is 5.13. The number of para-hydroxylation sites is 1. The number of nitrogens with zero attached hydrogens (tertiary/aromatic N) is 2. The number of H-pyrrole nitrogens is 1. The fourth-order valence-corrected chi connectivity index (χ4v) is 4.70. The summed E-state index contributed by atoms with van der Waals surface area (Å²) in [6.07, 6.45) is 0.351. The highest BCUT2D eigenvalue weighted by molar-refractivity contribution is 7.99. The molecule has 0 bridgehead atoms. The number of rotatable bonds is 4. The maximum absolute atomic E-state index is 12.6. The van der Waals surface area contributed by atoms with Crippen LogP contribution in [0.25, 0.3) is 0 Å². The first-order chi connectivity index (χ1) is 14.9. The third-order valence-corrected chi connectivity index (χ3v) is 6.45. The number of ether oxygens (including phenoxy) is 2. The number of hydrogen-bond acceptors (Lipinski definition) is 7. The fraction of sp³-hybridized carbons (Fsp3) is 0.227. The van der Waals surface area contributed by atoms with Crippen molar-refractivity contribution in [3.63, 3.8) is 0 Å². The molecule has 2 heterocycles. The van der Waals surface area contributed by atoms with Gasteiger partial charge in [-0.05, 0) is 29.8 Å². The molecule has 1 atom stereocenters. The minimum absolute atomic E-state index is 0.00937. The fourth-order valence-electron chi connectivity index (χ4n) is 3.48. The molecule has 2 N–H and O–H groups in total. The molecule has 3 aromatic rings. The first-order valence-corrected chi connectivity index (χ1v) is 10.4. The number of benzene rings is 2. The molecule has 0 aliphatic carbocycles. The lowest BCUT2D eigenvalue weighted by atomic mass is 10.0. The Morgan fingerprint density at radius 2 is 1.87 bits per heavy atom. The average Bonchev–Trinajstić information content (AvgIpc) is 2.96. The van der Waals surface area contributed by atoms with E-state index in [0.29, 0.717) is 29.3 Å². The van der Waals surface area contributed by atoms with Crippen LogP contribution in [0, 0.1) is 0 Å². The minimum Gasteiger partial charge on any atom is -0.494 e. The van der Waals surface area contributed by atoms with Crippen LogP contribution in [0.4, 0.5) is 5.69 Å². The lowest BCUT2D eigenvalue weighted by Crippen LogP contribution is -2.32. The van der Waals surface area contributed by atoms with E-state index in [0.717, 1.165) is 15.0 Å². The van der Waals surface area contributed by atoms with E-state index in [9.17, 15) is 14.7 Å². The second kappa shape index (κ2) is 8.35. The predicted octanol–water partition coefficient (Wildman–Crippen LogP) is 3.15. The second-order valence-electron chi connectivity index (χ2n) is 6.97. The first kappa shape index (κ1) is 20.8. The number of thioether (sulfide) groups is 1. The number of nitrogens with one attached hydrogen (secondary N) is 1. The number of aromatic nitrogens is 2. The summed E-state index contributed by atoms with van der Waals surface area (Å²) in [5.74, 6) is 0.800. The zero-order valence-corrected chi connectivity index (χ0v) is 18.0. The topological polar surface area (TPSA) is 106 Å². The van der Waals surface area contributed by atoms with Crippen LogP contribution in [-0.4, -0.2) is 34.6 Å². The van der Waals surface area contributed by atoms with Gasteiger partial charge in [0.05, 0.1) is 25.6 Å². The van der Waals surface area contributed by atoms with E-state index in [-0.39, 0.29) is 10.8 Å². The van der Waals surface area contributed by atoms with Crippen LogP contribution in [-0.2, 0) is 7.05 Å². The number of aliphatic imine (C=N–C) groups is 1. The molecule has 2 aromatic carbocycles. The summed E-state index contributed by atoms with van der Waals surface area (Å²) in [5, 5.41) is 10.5. The maximum Gasteiger partial charge on any atom is 0.330 e. The van der Waals surface area contributed by atoms with Gasteiger partial charge in [0.25, 0.3) is 5.56 Å². The van der Waals surface area contributed by atoms with Gasteiger partial charge in [0.2, 0.25) is 5.88 Å². The molecule has 0 radical (unpaired) electrons. The van der Waals surface area contributed by atoms with Gasteiger partial charge in [-0.15, -0.1) is 11.8 Å². The van der Waals surface area contributed by atoms with E-state index in [1.807, 2.05) is 42.5 Å². The molecule has 31 heavy (non-hydrogen) atoms. The zero-order valence-electron chi connectivity index (χ0n) is 17.2.